The molecule has 0 aromatic heterocycles. The van der Waals surface area contributed by atoms with E-state index in [4.69, 9.17) is 0 Å². The van der Waals surface area contributed by atoms with Gasteiger partial charge in [-0.25, -0.2) is 13.6 Å². The predicted octanol–water partition coefficient (Wildman–Crippen LogP) is 4.89. The van der Waals surface area contributed by atoms with Gasteiger partial charge in [0.05, 0.1) is 18.1 Å². The van der Waals surface area contributed by atoms with Crippen molar-refractivity contribution in [3.8, 4) is 0 Å². The van der Waals surface area contributed by atoms with Gasteiger partial charge in [-0.3, -0.25) is 18.8 Å². The van der Waals surface area contributed by atoms with E-state index in [0.717, 1.165) is 38.6 Å². The maximum atomic E-state index is 12.2. The Morgan fingerprint density at radius 3 is 1.92 bits per heavy atom. The topological polar surface area (TPSA) is 152 Å². The number of hydrogen-bond donors (Lipinski definition) is 6. The first-order valence-electron chi connectivity index (χ1n) is 18.3. The number of amides is 3. The van der Waals surface area contributed by atoms with Gasteiger partial charge >= 0.3 is 6.03 Å². The van der Waals surface area contributed by atoms with Gasteiger partial charge in [0, 0.05) is 38.6 Å². The van der Waals surface area contributed by atoms with E-state index in [1.54, 1.807) is 4.31 Å². The van der Waals surface area contributed by atoms with Crippen molar-refractivity contribution in [2.75, 3.05) is 53.9 Å². The van der Waals surface area contributed by atoms with Gasteiger partial charge in [0.15, 0.2) is 0 Å². The molecule has 0 saturated carbocycles. The van der Waals surface area contributed by atoms with Crippen molar-refractivity contribution in [2.45, 2.75) is 132 Å². The van der Waals surface area contributed by atoms with Crippen LogP contribution < -0.4 is 26.6 Å². The van der Waals surface area contributed by atoms with Gasteiger partial charge in [0.25, 0.3) is 5.91 Å². The third-order valence-electron chi connectivity index (χ3n) is 7.37. The smallest absolute Gasteiger partial charge is 0.315 e. The van der Waals surface area contributed by atoms with Crippen LogP contribution in [0.25, 0.3) is 0 Å². The summed E-state index contributed by atoms with van der Waals surface area (Å²) in [7, 11) is 5.34. The lowest BCUT2D eigenvalue weighted by atomic mass is 9.86. The van der Waals surface area contributed by atoms with Crippen LogP contribution in [0.4, 0.5) is 13.6 Å². The quantitative estimate of drug-likeness (QED) is 0.0400. The molecule has 1 heterocycles. The fraction of sp³-hybridized carbons (Fsp3) is 0.811. The number of Topliss-reactive ketones (excluding diaryl/α,β-unsaturated/α-hetero) is 1. The first-order chi connectivity index (χ1) is 24.2. The second-order valence-corrected chi connectivity index (χ2v) is 15.0. The van der Waals surface area contributed by atoms with Crippen LogP contribution in [0, 0.1) is 10.8 Å². The summed E-state index contributed by atoms with van der Waals surface area (Å²) in [5.41, 5.74) is -0.415. The summed E-state index contributed by atoms with van der Waals surface area (Å²) in [6.07, 6.45) is 3.79. The standard InChI is InChI=1S/C16H34N4O2S.C10H16F2N2O2.C6H11NO.C3H8.C2H6/c1-15(2,3)12(10-17-8-9-20(7)23)18-14(22)19-13(11-21)16(4,5)6;1-3-6-14-10(16)9(15)7(13-2)4-5-8(11)12;1-7-4-2-3-6(7)5-8;1-3-2;1-2/h11-13,17,23H,8-10H2,1-7H3,(H2,18,19,22);3,7-8,13H,1,4-6H2,2H3,(H,14,16);5-6H,2-4H2,1H3;3H2,1-2H3;1-2H3. The SMILES string of the molecule is C=CCNC(=O)C(=O)C(CCC(F)F)NC.CC.CCC.CN(S)CCNCC(NC(=O)NC(C=O)C(C)(C)C)C(C)(C)C.CN1CCCC1C=O. The van der Waals surface area contributed by atoms with Crippen LogP contribution in [-0.4, -0.2) is 124 Å². The Hall–Kier alpha value is -2.46. The van der Waals surface area contributed by atoms with Crippen LogP contribution in [0.3, 0.4) is 0 Å². The number of nitrogens with one attached hydrogen (secondary N) is 5. The average Bonchev–Trinajstić information content (AvgIpc) is 3.49. The van der Waals surface area contributed by atoms with E-state index in [-0.39, 0.29) is 41.9 Å². The third kappa shape index (κ3) is 31.1. The fourth-order valence-electron chi connectivity index (χ4n) is 4.07. The molecule has 0 radical (unpaired) electrons. The summed E-state index contributed by atoms with van der Waals surface area (Å²) < 4.78 is 25.7. The van der Waals surface area contributed by atoms with E-state index >= 15 is 0 Å². The zero-order chi connectivity index (χ0) is 41.5. The number of carbonyl (C=O) groups is 5. The number of likely N-dealkylation sites (tertiary alicyclic amines) is 1. The van der Waals surface area contributed by atoms with Crippen molar-refractivity contribution in [3.63, 3.8) is 0 Å². The van der Waals surface area contributed by atoms with Crippen molar-refractivity contribution in [1.29, 1.82) is 0 Å². The van der Waals surface area contributed by atoms with Crippen molar-refractivity contribution in [1.82, 2.24) is 35.8 Å². The number of rotatable bonds is 17. The van der Waals surface area contributed by atoms with Crippen LogP contribution in [0.5, 0.6) is 0 Å². The van der Waals surface area contributed by atoms with Crippen molar-refractivity contribution >= 4 is 43.1 Å². The number of thiol groups is 1. The highest BCUT2D eigenvalue weighted by Gasteiger charge is 2.30. The molecule has 52 heavy (non-hydrogen) atoms. The molecular formula is C37H75F2N7O5S. The summed E-state index contributed by atoms with van der Waals surface area (Å²) in [6.45, 7) is 27.1. The highest BCUT2D eigenvalue weighted by Crippen LogP contribution is 2.20. The number of urea groups is 1. The second kappa shape index (κ2) is 33.1. The molecule has 1 aliphatic rings. The van der Waals surface area contributed by atoms with E-state index in [2.05, 4.69) is 85.5 Å². The maximum Gasteiger partial charge on any atom is 0.315 e. The van der Waals surface area contributed by atoms with Crippen LogP contribution in [0.15, 0.2) is 12.7 Å². The average molecular weight is 768 g/mol. The molecule has 5 N–H and O–H groups in total. The zero-order valence-corrected chi connectivity index (χ0v) is 35.4. The molecule has 0 bridgehead atoms. The summed E-state index contributed by atoms with van der Waals surface area (Å²) in [6, 6.07) is -1.53. The Labute approximate surface area is 320 Å². The highest BCUT2D eigenvalue weighted by atomic mass is 32.1. The normalized spacial score (nSPS) is 15.7. The number of hydrogen-bond acceptors (Lipinski definition) is 10. The summed E-state index contributed by atoms with van der Waals surface area (Å²) >= 11 is 4.19. The molecule has 0 spiro atoms. The molecule has 1 saturated heterocycles. The van der Waals surface area contributed by atoms with Gasteiger partial charge in [-0.15, -0.1) is 6.58 Å². The van der Waals surface area contributed by atoms with Gasteiger partial charge in [0.1, 0.15) is 12.6 Å². The van der Waals surface area contributed by atoms with Crippen LogP contribution in [0.2, 0.25) is 0 Å². The minimum absolute atomic E-state index is 0.0556. The second-order valence-electron chi connectivity index (χ2n) is 14.3. The van der Waals surface area contributed by atoms with Gasteiger partial charge in [-0.1, -0.05) is 94.5 Å². The van der Waals surface area contributed by atoms with Crippen LogP contribution >= 0.6 is 12.8 Å². The summed E-state index contributed by atoms with van der Waals surface area (Å²) in [4.78, 5) is 58.3. The molecule has 308 valence electrons. The number of carbonyl (C=O) groups excluding carboxylic acids is 5. The Morgan fingerprint density at radius 2 is 1.58 bits per heavy atom. The van der Waals surface area contributed by atoms with E-state index < -0.39 is 36.6 Å². The van der Waals surface area contributed by atoms with Gasteiger partial charge in [0.2, 0.25) is 12.2 Å². The zero-order valence-electron chi connectivity index (χ0n) is 34.5. The lowest BCUT2D eigenvalue weighted by molar-refractivity contribution is -0.139. The molecular weight excluding hydrogens is 693 g/mol. The molecule has 0 aromatic carbocycles. The Balaban J connectivity index is -0.000000340. The number of likely N-dealkylation sites (N-methyl/N-ethyl adjacent to an activating group) is 3. The number of halogens is 2. The van der Waals surface area contributed by atoms with Gasteiger partial charge < -0.3 is 36.2 Å². The van der Waals surface area contributed by atoms with Gasteiger partial charge in [-0.05, 0) is 57.8 Å². The van der Waals surface area contributed by atoms with Gasteiger partial charge in [-0.2, -0.15) is 0 Å². The molecule has 4 unspecified atom stereocenters. The number of aldehydes is 2. The first-order valence-corrected chi connectivity index (χ1v) is 18.7. The minimum atomic E-state index is -2.47. The summed E-state index contributed by atoms with van der Waals surface area (Å²) in [5, 5.41) is 13.9. The lowest BCUT2D eigenvalue weighted by Gasteiger charge is -2.33. The van der Waals surface area contributed by atoms with E-state index in [1.165, 1.54) is 26.0 Å². The molecule has 12 nitrogen and oxygen atoms in total. The molecule has 1 rings (SSSR count). The number of ketones is 1. The molecule has 0 aromatic rings. The largest absolute Gasteiger partial charge is 0.346 e. The lowest BCUT2D eigenvalue weighted by Crippen LogP contribution is -2.56. The van der Waals surface area contributed by atoms with Crippen LogP contribution in [0.1, 0.15) is 101 Å². The van der Waals surface area contributed by atoms with E-state index in [9.17, 15) is 32.8 Å². The molecule has 4 atom stereocenters. The maximum absolute atomic E-state index is 12.2. The molecule has 1 aliphatic heterocycles. The molecule has 15 heteroatoms. The Morgan fingerprint density at radius 1 is 1.02 bits per heavy atom. The summed E-state index contributed by atoms with van der Waals surface area (Å²) in [5.74, 6) is -1.52. The van der Waals surface area contributed by atoms with Crippen molar-refractivity contribution in [3.05, 3.63) is 12.7 Å². The minimum Gasteiger partial charge on any atom is -0.346 e. The predicted molar refractivity (Wildman–Crippen MR) is 214 cm³/mol. The van der Waals surface area contributed by atoms with E-state index in [1.807, 2.05) is 48.7 Å². The monoisotopic (exact) mass is 768 g/mol. The van der Waals surface area contributed by atoms with Crippen molar-refractivity contribution in [2.24, 2.45) is 10.8 Å². The van der Waals surface area contributed by atoms with Crippen molar-refractivity contribution < 1.29 is 32.8 Å². The Kier molecular flexibility index (Phi) is 35.9. The molecule has 0 aliphatic carbocycles. The number of alkyl halides is 2. The molecule has 3 amide bonds. The first kappa shape index (κ1) is 56.3. The van der Waals surface area contributed by atoms with E-state index in [0.29, 0.717) is 6.54 Å². The Bertz CT molecular complexity index is 964. The molecule has 1 fully saturated rings. The fourth-order valence-corrected chi connectivity index (χ4v) is 4.17. The number of nitrogens with zero attached hydrogens (tertiary/aromatic N) is 2. The highest BCUT2D eigenvalue weighted by molar-refractivity contribution is 7.77. The third-order valence-corrected chi connectivity index (χ3v) is 7.57. The van der Waals surface area contributed by atoms with Crippen LogP contribution in [-0.2, 0) is 19.2 Å².